The van der Waals surface area contributed by atoms with Crippen molar-refractivity contribution < 1.29 is 14.3 Å². The van der Waals surface area contributed by atoms with E-state index in [9.17, 15) is 9.59 Å². The van der Waals surface area contributed by atoms with Crippen LogP contribution in [0.5, 0.6) is 5.75 Å². The Morgan fingerprint density at radius 2 is 1.84 bits per heavy atom. The first-order valence-electron chi connectivity index (χ1n) is 9.32. The molecule has 0 saturated carbocycles. The predicted octanol–water partition coefficient (Wildman–Crippen LogP) is 3.00. The van der Waals surface area contributed by atoms with Gasteiger partial charge in [-0.2, -0.15) is 0 Å². The molecule has 138 valence electrons. The van der Waals surface area contributed by atoms with Crippen LogP contribution in [-0.2, 0) is 9.59 Å². The number of likely N-dealkylation sites (tertiary alicyclic amines) is 1. The van der Waals surface area contributed by atoms with Crippen LogP contribution in [0.1, 0.15) is 46.0 Å². The molecule has 0 spiro atoms. The Labute approximate surface area is 150 Å². The van der Waals surface area contributed by atoms with E-state index < -0.39 is 6.04 Å². The van der Waals surface area contributed by atoms with Crippen molar-refractivity contribution in [2.75, 3.05) is 19.7 Å². The number of nitrogens with one attached hydrogen (secondary N) is 1. The third kappa shape index (κ3) is 6.77. The molecule has 0 aliphatic carbocycles. The number of ether oxygens (including phenoxy) is 1. The molecule has 1 aromatic carbocycles. The first kappa shape index (κ1) is 19.3. The van der Waals surface area contributed by atoms with Crippen LogP contribution in [0, 0.1) is 5.92 Å². The van der Waals surface area contributed by atoms with E-state index in [0.717, 1.165) is 31.7 Å². The molecular formula is C20H30N2O3. The first-order valence-corrected chi connectivity index (χ1v) is 9.32. The lowest BCUT2D eigenvalue weighted by molar-refractivity contribution is -0.136. The number of carbonyl (C=O) groups excluding carboxylic acids is 2. The Morgan fingerprint density at radius 3 is 2.48 bits per heavy atom. The van der Waals surface area contributed by atoms with Gasteiger partial charge in [-0.3, -0.25) is 9.59 Å². The zero-order chi connectivity index (χ0) is 18.1. The normalized spacial score (nSPS) is 15.2. The first-order chi connectivity index (χ1) is 12.1. The van der Waals surface area contributed by atoms with Crippen molar-refractivity contribution in [3.05, 3.63) is 30.3 Å². The summed E-state index contributed by atoms with van der Waals surface area (Å²) in [5.41, 5.74) is 0. The monoisotopic (exact) mass is 346 g/mol. The number of carbonyl (C=O) groups is 2. The van der Waals surface area contributed by atoms with Crippen molar-refractivity contribution in [2.24, 2.45) is 5.92 Å². The number of hydrogen-bond acceptors (Lipinski definition) is 3. The van der Waals surface area contributed by atoms with E-state index in [4.69, 9.17) is 4.74 Å². The molecule has 1 aliphatic rings. The van der Waals surface area contributed by atoms with Gasteiger partial charge in [0.2, 0.25) is 11.8 Å². The lowest BCUT2D eigenvalue weighted by Crippen LogP contribution is -2.48. The van der Waals surface area contributed by atoms with Crippen molar-refractivity contribution >= 4 is 11.8 Å². The van der Waals surface area contributed by atoms with Crippen LogP contribution >= 0.6 is 0 Å². The van der Waals surface area contributed by atoms with E-state index in [0.29, 0.717) is 31.8 Å². The number of para-hydroxylation sites is 1. The van der Waals surface area contributed by atoms with Crippen molar-refractivity contribution in [3.63, 3.8) is 0 Å². The number of benzene rings is 1. The summed E-state index contributed by atoms with van der Waals surface area (Å²) >= 11 is 0. The molecule has 1 aromatic rings. The van der Waals surface area contributed by atoms with Crippen LogP contribution in [0.3, 0.4) is 0 Å². The molecular weight excluding hydrogens is 316 g/mol. The Kier molecular flexibility index (Phi) is 7.76. The maximum Gasteiger partial charge on any atom is 0.245 e. The van der Waals surface area contributed by atoms with Crippen LogP contribution in [0.2, 0.25) is 0 Å². The summed E-state index contributed by atoms with van der Waals surface area (Å²) in [6.45, 7) is 6.27. The molecule has 0 aromatic heterocycles. The summed E-state index contributed by atoms with van der Waals surface area (Å²) in [5.74, 6) is 1.16. The van der Waals surface area contributed by atoms with Gasteiger partial charge in [0.25, 0.3) is 0 Å². The molecule has 1 fully saturated rings. The summed E-state index contributed by atoms with van der Waals surface area (Å²) in [6.07, 6.45) is 3.80. The van der Waals surface area contributed by atoms with Gasteiger partial charge in [-0.1, -0.05) is 32.0 Å². The van der Waals surface area contributed by atoms with Gasteiger partial charge in [0.15, 0.2) is 0 Å². The fourth-order valence-corrected chi connectivity index (χ4v) is 3.06. The van der Waals surface area contributed by atoms with Crippen molar-refractivity contribution in [3.8, 4) is 5.75 Å². The minimum atomic E-state index is -0.402. The molecule has 1 saturated heterocycles. The lowest BCUT2D eigenvalue weighted by atomic mass is 10.0. The van der Waals surface area contributed by atoms with E-state index in [1.54, 1.807) is 0 Å². The maximum absolute atomic E-state index is 12.6. The third-order valence-electron chi connectivity index (χ3n) is 4.32. The van der Waals surface area contributed by atoms with E-state index in [2.05, 4.69) is 19.2 Å². The zero-order valence-electron chi connectivity index (χ0n) is 15.4. The lowest BCUT2D eigenvalue weighted by Gasteiger charge is -2.25. The average Bonchev–Trinajstić information content (AvgIpc) is 3.12. The second-order valence-corrected chi connectivity index (χ2v) is 7.05. The van der Waals surface area contributed by atoms with Crippen molar-refractivity contribution in [1.29, 1.82) is 0 Å². The molecule has 5 nitrogen and oxygen atoms in total. The fraction of sp³-hybridized carbons (Fsp3) is 0.600. The predicted molar refractivity (Wildman–Crippen MR) is 98.4 cm³/mol. The van der Waals surface area contributed by atoms with Gasteiger partial charge in [-0.15, -0.1) is 0 Å². The highest BCUT2D eigenvalue weighted by Crippen LogP contribution is 2.14. The molecule has 1 aliphatic heterocycles. The van der Waals surface area contributed by atoms with Gasteiger partial charge in [0.05, 0.1) is 6.61 Å². The minimum absolute atomic E-state index is 0.0695. The topological polar surface area (TPSA) is 58.6 Å². The van der Waals surface area contributed by atoms with Crippen LogP contribution in [0.25, 0.3) is 0 Å². The molecule has 25 heavy (non-hydrogen) atoms. The largest absolute Gasteiger partial charge is 0.494 e. The second-order valence-electron chi connectivity index (χ2n) is 7.05. The molecule has 1 N–H and O–H groups in total. The highest BCUT2D eigenvalue weighted by atomic mass is 16.5. The Hall–Kier alpha value is -2.04. The molecule has 0 unspecified atom stereocenters. The summed E-state index contributed by atoms with van der Waals surface area (Å²) in [6, 6.07) is 9.17. The summed E-state index contributed by atoms with van der Waals surface area (Å²) in [4.78, 5) is 26.7. The Morgan fingerprint density at radius 1 is 1.16 bits per heavy atom. The minimum Gasteiger partial charge on any atom is -0.494 e. The molecule has 2 rings (SSSR count). The fourth-order valence-electron chi connectivity index (χ4n) is 3.06. The smallest absolute Gasteiger partial charge is 0.245 e. The van der Waals surface area contributed by atoms with E-state index >= 15 is 0 Å². The van der Waals surface area contributed by atoms with Gasteiger partial charge < -0.3 is 15.0 Å². The van der Waals surface area contributed by atoms with E-state index in [-0.39, 0.29) is 11.8 Å². The molecule has 1 heterocycles. The Bertz CT molecular complexity index is 539. The second kappa shape index (κ2) is 10.1. The summed E-state index contributed by atoms with van der Waals surface area (Å²) < 4.78 is 5.60. The van der Waals surface area contributed by atoms with E-state index in [1.165, 1.54) is 0 Å². The SMILES string of the molecule is CC(C)C[C@H](NC(=O)CCCOc1ccccc1)C(=O)N1CCCC1. The van der Waals surface area contributed by atoms with Crippen LogP contribution in [0.15, 0.2) is 30.3 Å². The van der Waals surface area contributed by atoms with Gasteiger partial charge in [-0.25, -0.2) is 0 Å². The number of rotatable bonds is 9. The summed E-state index contributed by atoms with van der Waals surface area (Å²) in [5, 5.41) is 2.94. The van der Waals surface area contributed by atoms with Gasteiger partial charge >= 0.3 is 0 Å². The third-order valence-corrected chi connectivity index (χ3v) is 4.32. The van der Waals surface area contributed by atoms with Crippen LogP contribution in [0.4, 0.5) is 0 Å². The molecule has 1 atom stereocenters. The Balaban J connectivity index is 1.75. The number of hydrogen-bond donors (Lipinski definition) is 1. The van der Waals surface area contributed by atoms with E-state index in [1.807, 2.05) is 35.2 Å². The molecule has 2 amide bonds. The quantitative estimate of drug-likeness (QED) is 0.699. The maximum atomic E-state index is 12.6. The highest BCUT2D eigenvalue weighted by molar-refractivity contribution is 5.87. The van der Waals surface area contributed by atoms with Gasteiger partial charge in [0, 0.05) is 19.5 Å². The van der Waals surface area contributed by atoms with Crippen molar-refractivity contribution in [1.82, 2.24) is 10.2 Å². The van der Waals surface area contributed by atoms with Gasteiger partial charge in [0.1, 0.15) is 11.8 Å². The molecule has 5 heteroatoms. The molecule has 0 bridgehead atoms. The van der Waals surface area contributed by atoms with Crippen LogP contribution in [-0.4, -0.2) is 42.5 Å². The standard InChI is InChI=1S/C20H30N2O3/c1-16(2)15-18(20(24)22-12-6-7-13-22)21-19(23)11-8-14-25-17-9-4-3-5-10-17/h3-5,9-10,16,18H,6-8,11-15H2,1-2H3,(H,21,23)/t18-/m0/s1. The zero-order valence-corrected chi connectivity index (χ0v) is 15.4. The van der Waals surface area contributed by atoms with Gasteiger partial charge in [-0.05, 0) is 43.7 Å². The van der Waals surface area contributed by atoms with Crippen molar-refractivity contribution in [2.45, 2.75) is 52.0 Å². The number of nitrogens with zero attached hydrogens (tertiary/aromatic N) is 1. The highest BCUT2D eigenvalue weighted by Gasteiger charge is 2.28. The molecule has 0 radical (unpaired) electrons. The summed E-state index contributed by atoms with van der Waals surface area (Å²) in [7, 11) is 0. The van der Waals surface area contributed by atoms with Crippen LogP contribution < -0.4 is 10.1 Å². The number of amides is 2. The average molecular weight is 346 g/mol.